The molecule has 1 aromatic carbocycles. The van der Waals surface area contributed by atoms with Gasteiger partial charge in [-0.2, -0.15) is 0 Å². The second-order valence-electron chi connectivity index (χ2n) is 4.87. The molecule has 2 heterocycles. The number of halogens is 1. The fourth-order valence-corrected chi connectivity index (χ4v) is 2.84. The van der Waals surface area contributed by atoms with Gasteiger partial charge in [0, 0.05) is 30.3 Å². The number of hydrogen-bond acceptors (Lipinski definition) is 5. The van der Waals surface area contributed by atoms with Crippen LogP contribution in [0.15, 0.2) is 40.6 Å². The van der Waals surface area contributed by atoms with Crippen molar-refractivity contribution in [2.24, 2.45) is 0 Å². The minimum atomic E-state index is -0.451. The molecule has 0 spiro atoms. The first kappa shape index (κ1) is 15.2. The molecule has 3 aromatic rings. The zero-order chi connectivity index (χ0) is 16.4. The third kappa shape index (κ3) is 3.37. The van der Waals surface area contributed by atoms with Crippen molar-refractivity contribution in [3.05, 3.63) is 57.7 Å². The lowest BCUT2D eigenvalue weighted by Crippen LogP contribution is -2.15. The monoisotopic (exact) mass is 332 g/mol. The van der Waals surface area contributed by atoms with Gasteiger partial charge in [-0.15, -0.1) is 11.3 Å². The maximum atomic E-state index is 13.8. The summed E-state index contributed by atoms with van der Waals surface area (Å²) >= 11 is 1.35. The van der Waals surface area contributed by atoms with E-state index >= 15 is 0 Å². The van der Waals surface area contributed by atoms with Crippen LogP contribution < -0.4 is 16.2 Å². The van der Waals surface area contributed by atoms with Gasteiger partial charge in [0.15, 0.2) is 4.96 Å². The van der Waals surface area contributed by atoms with Crippen molar-refractivity contribution in [3.63, 3.8) is 0 Å². The van der Waals surface area contributed by atoms with Gasteiger partial charge < -0.3 is 10.6 Å². The molecule has 0 saturated carbocycles. The number of hydrogen-bond donors (Lipinski definition) is 2. The number of nitrogens with zero attached hydrogens (tertiary/aromatic N) is 2. The highest BCUT2D eigenvalue weighted by atomic mass is 32.1. The number of amides is 1. The van der Waals surface area contributed by atoms with Crippen molar-refractivity contribution >= 4 is 33.6 Å². The number of fused-ring (bicyclic) bond motifs is 1. The molecule has 2 N–H and O–H groups in total. The first-order valence-electron chi connectivity index (χ1n) is 6.80. The first-order chi connectivity index (χ1) is 11.0. The van der Waals surface area contributed by atoms with E-state index in [-0.39, 0.29) is 23.7 Å². The Bertz CT molecular complexity index is 935. The molecule has 0 aliphatic rings. The number of aromatic nitrogens is 2. The molecule has 0 bridgehead atoms. The molecule has 8 heteroatoms. The summed E-state index contributed by atoms with van der Waals surface area (Å²) in [5, 5.41) is 7.26. The van der Waals surface area contributed by atoms with Gasteiger partial charge in [0.2, 0.25) is 5.91 Å². The molecule has 0 atom stereocenters. The quantitative estimate of drug-likeness (QED) is 0.769. The minimum absolute atomic E-state index is 0.180. The molecule has 1 amide bonds. The number of rotatable bonds is 4. The number of carbonyl (C=O) groups is 1. The Hall–Kier alpha value is -2.74. The maximum absolute atomic E-state index is 13.8. The smallest absolute Gasteiger partial charge is 0.258 e. The minimum Gasteiger partial charge on any atom is -0.377 e. The van der Waals surface area contributed by atoms with Gasteiger partial charge >= 0.3 is 0 Å². The lowest BCUT2D eigenvalue weighted by molar-refractivity contribution is -0.114. The normalized spacial score (nSPS) is 10.7. The Morgan fingerprint density at radius 2 is 2.22 bits per heavy atom. The van der Waals surface area contributed by atoms with E-state index < -0.39 is 5.82 Å². The van der Waals surface area contributed by atoms with Gasteiger partial charge in [0.05, 0.1) is 17.9 Å². The second kappa shape index (κ2) is 6.17. The van der Waals surface area contributed by atoms with Crippen LogP contribution in [-0.2, 0) is 11.3 Å². The number of benzene rings is 1. The van der Waals surface area contributed by atoms with Gasteiger partial charge in [0.25, 0.3) is 5.56 Å². The lowest BCUT2D eigenvalue weighted by atomic mass is 10.2. The van der Waals surface area contributed by atoms with E-state index in [0.29, 0.717) is 16.3 Å². The molecule has 23 heavy (non-hydrogen) atoms. The Labute approximate surface area is 134 Å². The summed E-state index contributed by atoms with van der Waals surface area (Å²) in [6.45, 7) is 1.58. The van der Waals surface area contributed by atoms with Crippen molar-refractivity contribution in [3.8, 4) is 0 Å². The third-order valence-electron chi connectivity index (χ3n) is 3.10. The molecular weight excluding hydrogens is 319 g/mol. The highest BCUT2D eigenvalue weighted by Crippen LogP contribution is 2.20. The Morgan fingerprint density at radius 1 is 1.39 bits per heavy atom. The van der Waals surface area contributed by atoms with Crippen molar-refractivity contribution in [2.45, 2.75) is 13.5 Å². The van der Waals surface area contributed by atoms with Crippen LogP contribution >= 0.6 is 11.3 Å². The summed E-state index contributed by atoms with van der Waals surface area (Å²) in [4.78, 5) is 27.9. The molecule has 2 aromatic heterocycles. The summed E-state index contributed by atoms with van der Waals surface area (Å²) in [7, 11) is 0. The van der Waals surface area contributed by atoms with Gasteiger partial charge in [-0.05, 0) is 18.2 Å². The lowest BCUT2D eigenvalue weighted by Gasteiger charge is -2.10. The van der Waals surface area contributed by atoms with Crippen LogP contribution in [0.2, 0.25) is 0 Å². The van der Waals surface area contributed by atoms with Crippen LogP contribution in [0.1, 0.15) is 12.6 Å². The van der Waals surface area contributed by atoms with E-state index in [1.165, 1.54) is 46.9 Å². The summed E-state index contributed by atoms with van der Waals surface area (Å²) < 4.78 is 15.3. The number of carbonyl (C=O) groups excluding carboxylic acids is 1. The van der Waals surface area contributed by atoms with E-state index in [1.54, 1.807) is 11.6 Å². The van der Waals surface area contributed by atoms with Crippen LogP contribution in [0.4, 0.5) is 15.8 Å². The summed E-state index contributed by atoms with van der Waals surface area (Å²) in [5.41, 5.74) is 1.05. The Morgan fingerprint density at radius 3 is 3.00 bits per heavy atom. The topological polar surface area (TPSA) is 75.5 Å². The SMILES string of the molecule is CC(=O)Nc1ccc(F)c(NCc2cc(=O)n3ccsc3n2)c1. The molecule has 0 fully saturated rings. The first-order valence-corrected chi connectivity index (χ1v) is 7.68. The molecule has 0 aliphatic carbocycles. The zero-order valence-corrected chi connectivity index (χ0v) is 13.0. The number of nitrogens with one attached hydrogen (secondary N) is 2. The second-order valence-corrected chi connectivity index (χ2v) is 5.74. The fraction of sp³-hybridized carbons (Fsp3) is 0.133. The van der Waals surface area contributed by atoms with Crippen molar-refractivity contribution < 1.29 is 9.18 Å². The molecule has 3 rings (SSSR count). The van der Waals surface area contributed by atoms with E-state index in [1.807, 2.05) is 0 Å². The Kier molecular flexibility index (Phi) is 4.07. The van der Waals surface area contributed by atoms with Crippen molar-refractivity contribution in [1.82, 2.24) is 9.38 Å². The van der Waals surface area contributed by atoms with Crippen LogP contribution in [0.5, 0.6) is 0 Å². The van der Waals surface area contributed by atoms with Gasteiger partial charge in [-0.25, -0.2) is 9.37 Å². The van der Waals surface area contributed by atoms with Crippen LogP contribution in [0, 0.1) is 5.82 Å². The predicted molar refractivity (Wildman–Crippen MR) is 87.4 cm³/mol. The average Bonchev–Trinajstić information content (AvgIpc) is 2.96. The summed E-state index contributed by atoms with van der Waals surface area (Å²) in [6, 6.07) is 5.64. The zero-order valence-electron chi connectivity index (χ0n) is 12.2. The van der Waals surface area contributed by atoms with Gasteiger partial charge in [-0.1, -0.05) is 0 Å². The highest BCUT2D eigenvalue weighted by molar-refractivity contribution is 7.15. The van der Waals surface area contributed by atoms with Crippen molar-refractivity contribution in [1.29, 1.82) is 0 Å². The van der Waals surface area contributed by atoms with E-state index in [2.05, 4.69) is 15.6 Å². The molecule has 0 aliphatic heterocycles. The molecule has 6 nitrogen and oxygen atoms in total. The van der Waals surface area contributed by atoms with Gasteiger partial charge in [-0.3, -0.25) is 14.0 Å². The standard InChI is InChI=1S/C15H13FN4O2S/c1-9(21)18-10-2-3-12(16)13(6-10)17-8-11-7-14(22)20-4-5-23-15(20)19-11/h2-7,17H,8H2,1H3,(H,18,21). The predicted octanol–water partition coefficient (Wildman–Crippen LogP) is 2.47. The van der Waals surface area contributed by atoms with Crippen molar-refractivity contribution in [2.75, 3.05) is 10.6 Å². The fourth-order valence-electron chi connectivity index (χ4n) is 2.11. The molecule has 0 saturated heterocycles. The van der Waals surface area contributed by atoms with Crippen LogP contribution in [0.25, 0.3) is 4.96 Å². The van der Waals surface area contributed by atoms with E-state index in [9.17, 15) is 14.0 Å². The molecular formula is C15H13FN4O2S. The third-order valence-corrected chi connectivity index (χ3v) is 3.86. The van der Waals surface area contributed by atoms with E-state index in [4.69, 9.17) is 0 Å². The summed E-state index contributed by atoms with van der Waals surface area (Å²) in [6.07, 6.45) is 1.66. The molecule has 0 unspecified atom stereocenters. The molecule has 118 valence electrons. The average molecular weight is 332 g/mol. The van der Waals surface area contributed by atoms with E-state index in [0.717, 1.165) is 0 Å². The van der Waals surface area contributed by atoms with Gasteiger partial charge in [0.1, 0.15) is 5.82 Å². The van der Waals surface area contributed by atoms with Crippen LogP contribution in [0.3, 0.4) is 0 Å². The summed E-state index contributed by atoms with van der Waals surface area (Å²) in [5.74, 6) is -0.687. The highest BCUT2D eigenvalue weighted by Gasteiger charge is 2.07. The number of anilines is 2. The largest absolute Gasteiger partial charge is 0.377 e. The number of thiazole rings is 1. The maximum Gasteiger partial charge on any atom is 0.258 e. The van der Waals surface area contributed by atoms with Crippen LogP contribution in [-0.4, -0.2) is 15.3 Å². The molecule has 0 radical (unpaired) electrons. The Balaban J connectivity index is 1.81.